The Morgan fingerprint density at radius 3 is 2.74 bits per heavy atom. The van der Waals surface area contributed by atoms with Crippen molar-refractivity contribution >= 4 is 5.91 Å². The zero-order chi connectivity index (χ0) is 13.8. The van der Waals surface area contributed by atoms with E-state index in [2.05, 4.69) is 6.07 Å². The van der Waals surface area contributed by atoms with Crippen LogP contribution in [-0.4, -0.2) is 29.7 Å². The molecular weight excluding hydrogens is 240 g/mol. The second-order valence-electron chi connectivity index (χ2n) is 4.90. The number of benzene rings is 1. The van der Waals surface area contributed by atoms with Crippen LogP contribution in [0, 0.1) is 18.3 Å². The number of ether oxygens (including phenoxy) is 1. The molecule has 3 rings (SSSR count). The van der Waals surface area contributed by atoms with Gasteiger partial charge in [-0.25, -0.2) is 0 Å². The fourth-order valence-corrected chi connectivity index (χ4v) is 2.40. The zero-order valence-corrected chi connectivity index (χ0v) is 11.3. The van der Waals surface area contributed by atoms with Crippen molar-refractivity contribution in [2.45, 2.75) is 39.0 Å². The largest absolute Gasteiger partial charge is 0.356 e. The Morgan fingerprint density at radius 2 is 2.16 bits per heavy atom. The fourth-order valence-electron chi connectivity index (χ4n) is 2.40. The SMILES string of the molecule is C[C@@H]1COC2CCC(=O)N21.Cc1ccccc1C#N. The van der Waals surface area contributed by atoms with E-state index in [0.29, 0.717) is 12.5 Å². The number of rotatable bonds is 0. The number of hydrogen-bond acceptors (Lipinski definition) is 3. The van der Waals surface area contributed by atoms with Crippen LogP contribution in [0.3, 0.4) is 0 Å². The molecule has 2 aliphatic heterocycles. The highest BCUT2D eigenvalue weighted by atomic mass is 16.5. The molecule has 0 aromatic heterocycles. The minimum atomic E-state index is 0.113. The first-order valence-electron chi connectivity index (χ1n) is 6.52. The highest BCUT2D eigenvalue weighted by molar-refractivity contribution is 5.79. The number of carbonyl (C=O) groups excluding carboxylic acids is 1. The second kappa shape index (κ2) is 5.85. The molecule has 1 aromatic rings. The maximum Gasteiger partial charge on any atom is 0.225 e. The van der Waals surface area contributed by atoms with Crippen LogP contribution in [0.1, 0.15) is 30.9 Å². The summed E-state index contributed by atoms with van der Waals surface area (Å²) in [5.41, 5.74) is 1.80. The summed E-state index contributed by atoms with van der Waals surface area (Å²) in [6.45, 7) is 4.68. The van der Waals surface area contributed by atoms with Crippen molar-refractivity contribution in [2.75, 3.05) is 6.61 Å². The normalized spacial score (nSPS) is 24.5. The van der Waals surface area contributed by atoms with Crippen LogP contribution < -0.4 is 0 Å². The molecule has 0 spiro atoms. The van der Waals surface area contributed by atoms with Crippen LogP contribution in [0.5, 0.6) is 0 Å². The van der Waals surface area contributed by atoms with E-state index in [4.69, 9.17) is 10.00 Å². The van der Waals surface area contributed by atoms with Crippen molar-refractivity contribution in [3.8, 4) is 6.07 Å². The number of aryl methyl sites for hydroxylation is 1. The molecule has 1 unspecified atom stereocenters. The predicted octanol–water partition coefficient (Wildman–Crippen LogP) is 2.22. The van der Waals surface area contributed by atoms with Gasteiger partial charge in [0.25, 0.3) is 0 Å². The Morgan fingerprint density at radius 1 is 1.42 bits per heavy atom. The fraction of sp³-hybridized carbons (Fsp3) is 0.467. The summed E-state index contributed by atoms with van der Waals surface area (Å²) in [7, 11) is 0. The summed E-state index contributed by atoms with van der Waals surface area (Å²) < 4.78 is 5.36. The molecule has 2 heterocycles. The lowest BCUT2D eigenvalue weighted by Crippen LogP contribution is -2.33. The molecule has 19 heavy (non-hydrogen) atoms. The van der Waals surface area contributed by atoms with Gasteiger partial charge in [0.15, 0.2) is 0 Å². The van der Waals surface area contributed by atoms with Gasteiger partial charge in [-0.05, 0) is 25.5 Å². The standard InChI is InChI=1S/C8H7N.C7H11NO2/c1-7-4-2-3-5-8(7)6-9;1-5-4-10-7-3-2-6(9)8(5)7/h2-5H,1H3;5,7H,2-4H2,1H3/t;5-,7?/m.1/s1. The van der Waals surface area contributed by atoms with Gasteiger partial charge in [0.1, 0.15) is 6.23 Å². The Labute approximate surface area is 113 Å². The monoisotopic (exact) mass is 258 g/mol. The number of nitrogens with zero attached hydrogens (tertiary/aromatic N) is 2. The van der Waals surface area contributed by atoms with Crippen molar-refractivity contribution in [2.24, 2.45) is 0 Å². The van der Waals surface area contributed by atoms with Crippen LogP contribution in [0.2, 0.25) is 0 Å². The van der Waals surface area contributed by atoms with Gasteiger partial charge >= 0.3 is 0 Å². The van der Waals surface area contributed by atoms with Crippen LogP contribution >= 0.6 is 0 Å². The van der Waals surface area contributed by atoms with Crippen molar-refractivity contribution < 1.29 is 9.53 Å². The van der Waals surface area contributed by atoms with Crippen LogP contribution in [0.15, 0.2) is 24.3 Å². The molecule has 2 aliphatic rings. The molecule has 0 radical (unpaired) electrons. The summed E-state index contributed by atoms with van der Waals surface area (Å²) in [4.78, 5) is 13.0. The number of fused-ring (bicyclic) bond motifs is 1. The molecule has 4 nitrogen and oxygen atoms in total. The van der Waals surface area contributed by atoms with Gasteiger partial charge in [0, 0.05) is 12.8 Å². The van der Waals surface area contributed by atoms with Crippen molar-refractivity contribution in [1.82, 2.24) is 4.90 Å². The lowest BCUT2D eigenvalue weighted by molar-refractivity contribution is -0.130. The van der Waals surface area contributed by atoms with E-state index >= 15 is 0 Å². The first-order valence-corrected chi connectivity index (χ1v) is 6.52. The van der Waals surface area contributed by atoms with Crippen LogP contribution in [0.4, 0.5) is 0 Å². The Kier molecular flexibility index (Phi) is 4.18. The second-order valence-corrected chi connectivity index (χ2v) is 4.90. The van der Waals surface area contributed by atoms with Gasteiger partial charge in [-0.2, -0.15) is 5.26 Å². The molecule has 0 bridgehead atoms. The maximum absolute atomic E-state index is 11.1. The first kappa shape index (κ1) is 13.6. The molecule has 1 amide bonds. The number of nitriles is 1. The average Bonchev–Trinajstić information content (AvgIpc) is 2.96. The van der Waals surface area contributed by atoms with Crippen molar-refractivity contribution in [3.63, 3.8) is 0 Å². The van der Waals surface area contributed by atoms with E-state index in [1.807, 2.05) is 43.0 Å². The lowest BCUT2D eigenvalue weighted by atomic mass is 10.1. The molecule has 4 heteroatoms. The third-order valence-electron chi connectivity index (χ3n) is 3.47. The number of amides is 1. The van der Waals surface area contributed by atoms with E-state index in [1.165, 1.54) is 0 Å². The number of hydrogen-bond donors (Lipinski definition) is 0. The van der Waals surface area contributed by atoms with E-state index in [9.17, 15) is 4.79 Å². The van der Waals surface area contributed by atoms with Crippen LogP contribution in [-0.2, 0) is 9.53 Å². The highest BCUT2D eigenvalue weighted by Crippen LogP contribution is 2.27. The molecule has 100 valence electrons. The topological polar surface area (TPSA) is 53.3 Å². The molecule has 2 fully saturated rings. The minimum absolute atomic E-state index is 0.113. The summed E-state index contributed by atoms with van der Waals surface area (Å²) in [5, 5.41) is 8.47. The molecule has 1 aromatic carbocycles. The summed E-state index contributed by atoms with van der Waals surface area (Å²) in [5.74, 6) is 0.259. The van der Waals surface area contributed by atoms with Gasteiger partial charge in [-0.3, -0.25) is 4.79 Å². The van der Waals surface area contributed by atoms with E-state index in [-0.39, 0.29) is 12.1 Å². The molecule has 0 N–H and O–H groups in total. The summed E-state index contributed by atoms with van der Waals surface area (Å²) >= 11 is 0. The highest BCUT2D eigenvalue weighted by Gasteiger charge is 2.39. The summed E-state index contributed by atoms with van der Waals surface area (Å²) in [6.07, 6.45) is 1.68. The minimum Gasteiger partial charge on any atom is -0.356 e. The van der Waals surface area contributed by atoms with Crippen molar-refractivity contribution in [3.05, 3.63) is 35.4 Å². The Bertz CT molecular complexity index is 507. The Balaban J connectivity index is 0.000000141. The first-order chi connectivity index (χ1) is 9.13. The van der Waals surface area contributed by atoms with Crippen LogP contribution in [0.25, 0.3) is 0 Å². The van der Waals surface area contributed by atoms with E-state index < -0.39 is 0 Å². The maximum atomic E-state index is 11.1. The van der Waals surface area contributed by atoms with Gasteiger partial charge < -0.3 is 9.64 Å². The molecule has 2 atom stereocenters. The Hall–Kier alpha value is -1.86. The van der Waals surface area contributed by atoms with E-state index in [0.717, 1.165) is 24.2 Å². The van der Waals surface area contributed by atoms with Crippen molar-refractivity contribution in [1.29, 1.82) is 5.26 Å². The van der Waals surface area contributed by atoms with Gasteiger partial charge in [-0.15, -0.1) is 0 Å². The van der Waals surface area contributed by atoms with E-state index in [1.54, 1.807) is 0 Å². The van der Waals surface area contributed by atoms with Gasteiger partial charge in [0.05, 0.1) is 24.3 Å². The molecule has 0 aliphatic carbocycles. The number of carbonyl (C=O) groups is 1. The average molecular weight is 258 g/mol. The van der Waals surface area contributed by atoms with Gasteiger partial charge in [0.2, 0.25) is 5.91 Å². The molecular formula is C15H18N2O2. The quantitative estimate of drug-likeness (QED) is 0.717. The lowest BCUT2D eigenvalue weighted by Gasteiger charge is -2.17. The molecule has 2 saturated heterocycles. The third-order valence-corrected chi connectivity index (χ3v) is 3.47. The predicted molar refractivity (Wildman–Crippen MR) is 71.2 cm³/mol. The van der Waals surface area contributed by atoms with Gasteiger partial charge in [-0.1, -0.05) is 18.2 Å². The third kappa shape index (κ3) is 2.94. The summed E-state index contributed by atoms with van der Waals surface area (Å²) in [6, 6.07) is 9.94. The smallest absolute Gasteiger partial charge is 0.225 e. The zero-order valence-electron chi connectivity index (χ0n) is 11.3. The molecule has 0 saturated carbocycles.